The number of aromatic nitrogens is 1. The van der Waals surface area contributed by atoms with E-state index in [4.69, 9.17) is 5.73 Å². The zero-order chi connectivity index (χ0) is 13.1. The fourth-order valence-corrected chi connectivity index (χ4v) is 1.79. The molecule has 0 spiro atoms. The summed E-state index contributed by atoms with van der Waals surface area (Å²) in [6.45, 7) is 4.15. The predicted molar refractivity (Wildman–Crippen MR) is 87.8 cm³/mol. The van der Waals surface area contributed by atoms with Gasteiger partial charge in [-0.3, -0.25) is 9.78 Å². The minimum Gasteiger partial charge on any atom is -0.330 e. The largest absolute Gasteiger partial charge is 0.330 e. The lowest BCUT2D eigenvalue weighted by Gasteiger charge is -2.12. The molecular weight excluding hydrogens is 297 g/mol. The Hall–Kier alpha value is -1.36. The molecule has 20 heavy (non-hydrogen) atoms. The van der Waals surface area contributed by atoms with E-state index in [9.17, 15) is 4.79 Å². The summed E-state index contributed by atoms with van der Waals surface area (Å²) in [4.78, 5) is 16.2. The second kappa shape index (κ2) is 8.04. The smallest absolute Gasteiger partial charge is 0.228 e. The lowest BCUT2D eigenvalue weighted by Crippen LogP contribution is -2.26. The molecule has 1 unspecified atom stereocenters. The number of nitrogens with zero attached hydrogens (tertiary/aromatic N) is 1. The maximum absolute atomic E-state index is 11.9. The van der Waals surface area contributed by atoms with Gasteiger partial charge in [-0.15, -0.1) is 24.8 Å². The van der Waals surface area contributed by atoms with Gasteiger partial charge in [0.05, 0.1) is 11.2 Å². The molecule has 2 rings (SSSR count). The number of amides is 1. The van der Waals surface area contributed by atoms with Crippen LogP contribution in [0.4, 0.5) is 5.69 Å². The van der Waals surface area contributed by atoms with Crippen molar-refractivity contribution < 1.29 is 4.79 Å². The molecule has 0 saturated heterocycles. The fraction of sp³-hybridized carbons (Fsp3) is 0.286. The highest BCUT2D eigenvalue weighted by atomic mass is 35.5. The van der Waals surface area contributed by atoms with Crippen molar-refractivity contribution in [1.82, 2.24) is 4.98 Å². The summed E-state index contributed by atoms with van der Waals surface area (Å²) in [7, 11) is 0. The van der Waals surface area contributed by atoms with E-state index in [-0.39, 0.29) is 36.6 Å². The average molecular weight is 316 g/mol. The summed E-state index contributed by atoms with van der Waals surface area (Å²) in [5, 5.41) is 3.86. The molecule has 1 heterocycles. The number of fused-ring (bicyclic) bond motifs is 1. The molecule has 2 aromatic rings. The summed E-state index contributed by atoms with van der Waals surface area (Å²) >= 11 is 0. The Bertz CT molecular complexity index is 590. The third-order valence-electron chi connectivity index (χ3n) is 3.03. The van der Waals surface area contributed by atoms with E-state index >= 15 is 0 Å². The van der Waals surface area contributed by atoms with Crippen molar-refractivity contribution in [3.05, 3.63) is 36.0 Å². The summed E-state index contributed by atoms with van der Waals surface area (Å²) in [6.07, 6.45) is 1.75. The SMILES string of the molecule is Cc1ccc(NC(=O)C(C)CN)c2cccnc12.Cl.Cl. The second-order valence-corrected chi connectivity index (χ2v) is 4.46. The van der Waals surface area contributed by atoms with Crippen LogP contribution in [0, 0.1) is 12.8 Å². The lowest BCUT2D eigenvalue weighted by atomic mass is 10.1. The van der Waals surface area contributed by atoms with Crippen LogP contribution >= 0.6 is 24.8 Å². The Labute approximate surface area is 131 Å². The maximum Gasteiger partial charge on any atom is 0.228 e. The first-order valence-electron chi connectivity index (χ1n) is 5.98. The number of halogens is 2. The number of carbonyl (C=O) groups is 1. The summed E-state index contributed by atoms with van der Waals surface area (Å²) < 4.78 is 0. The van der Waals surface area contributed by atoms with Gasteiger partial charge in [0.15, 0.2) is 0 Å². The number of pyridine rings is 1. The molecule has 0 aliphatic rings. The Balaban J connectivity index is 0.00000180. The highest BCUT2D eigenvalue weighted by molar-refractivity contribution is 6.02. The lowest BCUT2D eigenvalue weighted by molar-refractivity contribution is -0.119. The van der Waals surface area contributed by atoms with Crippen molar-refractivity contribution in [2.24, 2.45) is 11.7 Å². The Kier molecular flexibility index (Phi) is 7.50. The molecule has 110 valence electrons. The molecule has 6 heteroatoms. The van der Waals surface area contributed by atoms with Gasteiger partial charge in [-0.1, -0.05) is 13.0 Å². The zero-order valence-electron chi connectivity index (χ0n) is 11.4. The van der Waals surface area contributed by atoms with Crippen LogP contribution in [0.3, 0.4) is 0 Å². The van der Waals surface area contributed by atoms with Crippen LogP contribution in [0.2, 0.25) is 0 Å². The number of benzene rings is 1. The minimum atomic E-state index is -0.196. The number of nitrogens with two attached hydrogens (primary N) is 1. The summed E-state index contributed by atoms with van der Waals surface area (Å²) in [5.41, 5.74) is 8.28. The van der Waals surface area contributed by atoms with Crippen molar-refractivity contribution in [3.63, 3.8) is 0 Å². The maximum atomic E-state index is 11.9. The molecule has 0 bridgehead atoms. The molecule has 1 aromatic heterocycles. The quantitative estimate of drug-likeness (QED) is 0.915. The van der Waals surface area contributed by atoms with Gasteiger partial charge in [-0.05, 0) is 30.7 Å². The van der Waals surface area contributed by atoms with Crippen LogP contribution < -0.4 is 11.1 Å². The van der Waals surface area contributed by atoms with Crippen LogP contribution in [0.5, 0.6) is 0 Å². The molecule has 1 atom stereocenters. The standard InChI is InChI=1S/C14H17N3O.2ClH/c1-9-5-6-12(17-14(18)10(2)8-15)11-4-3-7-16-13(9)11;;/h3-7,10H,8,15H2,1-2H3,(H,17,18);2*1H. The van der Waals surface area contributed by atoms with Crippen LogP contribution in [0.15, 0.2) is 30.5 Å². The monoisotopic (exact) mass is 315 g/mol. The molecule has 0 radical (unpaired) electrons. The van der Waals surface area contributed by atoms with Crippen molar-refractivity contribution >= 4 is 47.3 Å². The third-order valence-corrected chi connectivity index (χ3v) is 3.03. The number of rotatable bonds is 3. The molecule has 4 nitrogen and oxygen atoms in total. The molecule has 3 N–H and O–H groups in total. The number of aryl methyl sites for hydroxylation is 1. The molecule has 1 amide bonds. The van der Waals surface area contributed by atoms with Crippen molar-refractivity contribution in [2.75, 3.05) is 11.9 Å². The first kappa shape index (κ1) is 18.6. The zero-order valence-corrected chi connectivity index (χ0v) is 13.1. The van der Waals surface area contributed by atoms with Gasteiger partial charge >= 0.3 is 0 Å². The van der Waals surface area contributed by atoms with E-state index in [1.807, 2.05) is 38.1 Å². The summed E-state index contributed by atoms with van der Waals surface area (Å²) in [5.74, 6) is -0.260. The molecular formula is C14H19Cl2N3O. The number of anilines is 1. The van der Waals surface area contributed by atoms with Crippen LogP contribution in [-0.4, -0.2) is 17.4 Å². The van der Waals surface area contributed by atoms with Gasteiger partial charge in [0.25, 0.3) is 0 Å². The predicted octanol–water partition coefficient (Wildman–Crippen LogP) is 2.92. The van der Waals surface area contributed by atoms with E-state index < -0.39 is 0 Å². The van der Waals surface area contributed by atoms with E-state index in [0.29, 0.717) is 6.54 Å². The van der Waals surface area contributed by atoms with E-state index in [1.165, 1.54) is 0 Å². The molecule has 0 aliphatic heterocycles. The van der Waals surface area contributed by atoms with Crippen LogP contribution in [0.1, 0.15) is 12.5 Å². The van der Waals surface area contributed by atoms with Crippen molar-refractivity contribution in [2.45, 2.75) is 13.8 Å². The molecule has 1 aromatic carbocycles. The van der Waals surface area contributed by atoms with Gasteiger partial charge < -0.3 is 11.1 Å². The van der Waals surface area contributed by atoms with Gasteiger partial charge in [0.2, 0.25) is 5.91 Å². The minimum absolute atomic E-state index is 0. The van der Waals surface area contributed by atoms with Gasteiger partial charge in [0.1, 0.15) is 0 Å². The van der Waals surface area contributed by atoms with Gasteiger partial charge in [-0.25, -0.2) is 0 Å². The van der Waals surface area contributed by atoms with Gasteiger partial charge in [-0.2, -0.15) is 0 Å². The van der Waals surface area contributed by atoms with Crippen LogP contribution in [0.25, 0.3) is 10.9 Å². The highest BCUT2D eigenvalue weighted by Crippen LogP contribution is 2.24. The van der Waals surface area contributed by atoms with E-state index in [0.717, 1.165) is 22.2 Å². The number of carbonyl (C=O) groups excluding carboxylic acids is 1. The Morgan fingerprint density at radius 2 is 2.05 bits per heavy atom. The molecule has 0 fully saturated rings. The van der Waals surface area contributed by atoms with E-state index in [1.54, 1.807) is 6.20 Å². The number of nitrogens with one attached hydrogen (secondary N) is 1. The van der Waals surface area contributed by atoms with Crippen molar-refractivity contribution in [1.29, 1.82) is 0 Å². The first-order chi connectivity index (χ1) is 8.63. The van der Waals surface area contributed by atoms with Gasteiger partial charge in [0, 0.05) is 24.0 Å². The van der Waals surface area contributed by atoms with E-state index in [2.05, 4.69) is 10.3 Å². The van der Waals surface area contributed by atoms with Crippen molar-refractivity contribution in [3.8, 4) is 0 Å². The number of hydrogen-bond donors (Lipinski definition) is 2. The van der Waals surface area contributed by atoms with Crippen LogP contribution in [-0.2, 0) is 4.79 Å². The fourth-order valence-electron chi connectivity index (χ4n) is 1.79. The second-order valence-electron chi connectivity index (χ2n) is 4.46. The normalized spacial score (nSPS) is 11.2. The summed E-state index contributed by atoms with van der Waals surface area (Å²) in [6, 6.07) is 7.68. The number of hydrogen-bond acceptors (Lipinski definition) is 3. The highest BCUT2D eigenvalue weighted by Gasteiger charge is 2.12. The molecule has 0 saturated carbocycles. The average Bonchev–Trinajstić information content (AvgIpc) is 2.41. The third kappa shape index (κ3) is 3.82. The Morgan fingerprint density at radius 3 is 2.70 bits per heavy atom. The first-order valence-corrected chi connectivity index (χ1v) is 5.98. The topological polar surface area (TPSA) is 68.0 Å². The molecule has 0 aliphatic carbocycles. The Morgan fingerprint density at radius 1 is 1.35 bits per heavy atom.